The molecule has 1 rings (SSSR count). The molecule has 0 radical (unpaired) electrons. The predicted octanol–water partition coefficient (Wildman–Crippen LogP) is 2.01. The van der Waals surface area contributed by atoms with E-state index in [-0.39, 0.29) is 0 Å². The highest BCUT2D eigenvalue weighted by molar-refractivity contribution is 5.51. The molecule has 0 saturated carbocycles. The number of benzene rings is 1. The van der Waals surface area contributed by atoms with Gasteiger partial charge in [0.1, 0.15) is 0 Å². The van der Waals surface area contributed by atoms with Gasteiger partial charge in [0.05, 0.1) is 0 Å². The molecule has 2 heteroatoms. The molecule has 0 aliphatic carbocycles. The van der Waals surface area contributed by atoms with Crippen LogP contribution >= 0.6 is 0 Å². The summed E-state index contributed by atoms with van der Waals surface area (Å²) in [4.78, 5) is 0. The molecule has 1 aromatic carbocycles. The van der Waals surface area contributed by atoms with E-state index in [1.54, 1.807) is 0 Å². The fraction of sp³-hybridized carbons (Fsp3) is 0.400. The van der Waals surface area contributed by atoms with Gasteiger partial charge < -0.3 is 10.6 Å². The molecule has 0 aliphatic rings. The Hall–Kier alpha value is -1.02. The maximum Gasteiger partial charge on any atom is 0.0385 e. The molecular formula is C10H16N2. The number of hydrogen-bond acceptors (Lipinski definition) is 2. The van der Waals surface area contributed by atoms with Gasteiger partial charge in [-0.1, -0.05) is 18.2 Å². The molecule has 0 spiro atoms. The Morgan fingerprint density at radius 2 is 1.83 bits per heavy atom. The molecule has 1 atom stereocenters. The largest absolute Gasteiger partial charge is 0.388 e. The van der Waals surface area contributed by atoms with Gasteiger partial charge in [-0.3, -0.25) is 0 Å². The number of rotatable bonds is 3. The van der Waals surface area contributed by atoms with Crippen molar-refractivity contribution in [1.82, 2.24) is 5.32 Å². The summed E-state index contributed by atoms with van der Waals surface area (Å²) in [7, 11) is 3.92. The molecule has 0 bridgehead atoms. The third kappa shape index (κ3) is 1.77. The third-order valence-corrected chi connectivity index (χ3v) is 2.13. The van der Waals surface area contributed by atoms with Gasteiger partial charge >= 0.3 is 0 Å². The van der Waals surface area contributed by atoms with Crippen LogP contribution in [0.4, 0.5) is 5.69 Å². The van der Waals surface area contributed by atoms with Gasteiger partial charge in [0.15, 0.2) is 0 Å². The molecule has 66 valence electrons. The van der Waals surface area contributed by atoms with Gasteiger partial charge in [-0.2, -0.15) is 0 Å². The second-order valence-electron chi connectivity index (χ2n) is 2.85. The standard InChI is InChI=1S/C10H16N2/c1-8(11-2)9-6-4-5-7-10(9)12-3/h4-8,11-12H,1-3H3/t8-/m1/s1. The van der Waals surface area contributed by atoms with E-state index >= 15 is 0 Å². The van der Waals surface area contributed by atoms with Gasteiger partial charge in [0.25, 0.3) is 0 Å². The van der Waals surface area contributed by atoms with Crippen molar-refractivity contribution < 1.29 is 0 Å². The monoisotopic (exact) mass is 164 g/mol. The van der Waals surface area contributed by atoms with E-state index in [0.717, 1.165) is 0 Å². The lowest BCUT2D eigenvalue weighted by Crippen LogP contribution is -2.13. The van der Waals surface area contributed by atoms with E-state index in [9.17, 15) is 0 Å². The second-order valence-corrected chi connectivity index (χ2v) is 2.85. The maximum atomic E-state index is 3.22. The average Bonchev–Trinajstić information content (AvgIpc) is 2.16. The fourth-order valence-corrected chi connectivity index (χ4v) is 1.26. The van der Waals surface area contributed by atoms with Crippen molar-refractivity contribution in [1.29, 1.82) is 0 Å². The van der Waals surface area contributed by atoms with E-state index < -0.39 is 0 Å². The zero-order valence-electron chi connectivity index (χ0n) is 7.89. The molecule has 1 aromatic rings. The fourth-order valence-electron chi connectivity index (χ4n) is 1.26. The Morgan fingerprint density at radius 3 is 2.42 bits per heavy atom. The van der Waals surface area contributed by atoms with Crippen LogP contribution in [-0.2, 0) is 0 Å². The highest BCUT2D eigenvalue weighted by Crippen LogP contribution is 2.20. The topological polar surface area (TPSA) is 24.1 Å². The van der Waals surface area contributed by atoms with Crippen LogP contribution in [0.3, 0.4) is 0 Å². The molecule has 2 N–H and O–H groups in total. The van der Waals surface area contributed by atoms with Gasteiger partial charge in [0.2, 0.25) is 0 Å². The maximum absolute atomic E-state index is 3.22. The summed E-state index contributed by atoms with van der Waals surface area (Å²) in [5.74, 6) is 0. The zero-order chi connectivity index (χ0) is 8.97. The lowest BCUT2D eigenvalue weighted by Gasteiger charge is -2.14. The number of hydrogen-bond donors (Lipinski definition) is 2. The molecule has 0 unspecified atom stereocenters. The summed E-state index contributed by atoms with van der Waals surface area (Å²) in [5, 5.41) is 6.39. The van der Waals surface area contributed by atoms with Crippen molar-refractivity contribution >= 4 is 5.69 Å². The van der Waals surface area contributed by atoms with Crippen LogP contribution in [0, 0.1) is 0 Å². The highest BCUT2D eigenvalue weighted by atomic mass is 14.9. The number of anilines is 1. The lowest BCUT2D eigenvalue weighted by atomic mass is 10.1. The van der Waals surface area contributed by atoms with Crippen molar-refractivity contribution in [2.45, 2.75) is 13.0 Å². The smallest absolute Gasteiger partial charge is 0.0385 e. The summed E-state index contributed by atoms with van der Waals surface area (Å²) < 4.78 is 0. The lowest BCUT2D eigenvalue weighted by molar-refractivity contribution is 0.654. The van der Waals surface area contributed by atoms with E-state index in [1.807, 2.05) is 20.2 Å². The minimum Gasteiger partial charge on any atom is -0.388 e. The predicted molar refractivity (Wildman–Crippen MR) is 53.5 cm³/mol. The quantitative estimate of drug-likeness (QED) is 0.714. The SMILES string of the molecule is CNc1ccccc1[C@@H](C)NC. The van der Waals surface area contributed by atoms with Crippen molar-refractivity contribution in [2.24, 2.45) is 0 Å². The highest BCUT2D eigenvalue weighted by Gasteiger charge is 2.05. The molecular weight excluding hydrogens is 148 g/mol. The van der Waals surface area contributed by atoms with Crippen LogP contribution in [0.15, 0.2) is 24.3 Å². The Bertz CT molecular complexity index is 245. The summed E-state index contributed by atoms with van der Waals surface area (Å²) in [5.41, 5.74) is 2.50. The first kappa shape index (κ1) is 9.07. The first-order valence-electron chi connectivity index (χ1n) is 4.23. The molecule has 2 nitrogen and oxygen atoms in total. The van der Waals surface area contributed by atoms with Crippen LogP contribution in [0.1, 0.15) is 18.5 Å². The van der Waals surface area contributed by atoms with Crippen molar-refractivity contribution in [3.05, 3.63) is 29.8 Å². The zero-order valence-corrected chi connectivity index (χ0v) is 7.89. The van der Waals surface area contributed by atoms with Crippen molar-refractivity contribution in [3.8, 4) is 0 Å². The second kappa shape index (κ2) is 4.12. The van der Waals surface area contributed by atoms with Crippen LogP contribution in [0.2, 0.25) is 0 Å². The molecule has 0 amide bonds. The molecule has 0 saturated heterocycles. The van der Waals surface area contributed by atoms with Crippen molar-refractivity contribution in [2.75, 3.05) is 19.4 Å². The minimum absolute atomic E-state index is 0.397. The molecule has 0 fully saturated rings. The van der Waals surface area contributed by atoms with Crippen LogP contribution < -0.4 is 10.6 Å². The first-order valence-corrected chi connectivity index (χ1v) is 4.23. The summed E-state index contributed by atoms with van der Waals surface area (Å²) in [6, 6.07) is 8.71. The van der Waals surface area contributed by atoms with E-state index in [1.165, 1.54) is 11.3 Å². The van der Waals surface area contributed by atoms with Crippen LogP contribution in [0.25, 0.3) is 0 Å². The number of para-hydroxylation sites is 1. The third-order valence-electron chi connectivity index (χ3n) is 2.13. The van der Waals surface area contributed by atoms with Crippen LogP contribution in [-0.4, -0.2) is 14.1 Å². The Balaban J connectivity index is 2.96. The first-order chi connectivity index (χ1) is 5.79. The molecule has 0 heterocycles. The van der Waals surface area contributed by atoms with E-state index in [0.29, 0.717) is 6.04 Å². The molecule has 12 heavy (non-hydrogen) atoms. The Kier molecular flexibility index (Phi) is 3.11. The summed E-state index contributed by atoms with van der Waals surface area (Å²) in [6.07, 6.45) is 0. The summed E-state index contributed by atoms with van der Waals surface area (Å²) >= 11 is 0. The van der Waals surface area contributed by atoms with Gasteiger partial charge in [0, 0.05) is 18.8 Å². The van der Waals surface area contributed by atoms with Crippen molar-refractivity contribution in [3.63, 3.8) is 0 Å². The Labute approximate surface area is 74.0 Å². The molecule has 0 aliphatic heterocycles. The minimum atomic E-state index is 0.397. The van der Waals surface area contributed by atoms with E-state index in [2.05, 4.69) is 35.8 Å². The molecule has 0 aromatic heterocycles. The Morgan fingerprint density at radius 1 is 1.17 bits per heavy atom. The number of nitrogens with one attached hydrogen (secondary N) is 2. The average molecular weight is 164 g/mol. The van der Waals surface area contributed by atoms with E-state index in [4.69, 9.17) is 0 Å². The normalized spacial score (nSPS) is 12.6. The van der Waals surface area contributed by atoms with Gasteiger partial charge in [-0.15, -0.1) is 0 Å². The van der Waals surface area contributed by atoms with Gasteiger partial charge in [-0.05, 0) is 25.6 Å². The van der Waals surface area contributed by atoms with Crippen LogP contribution in [0.5, 0.6) is 0 Å². The van der Waals surface area contributed by atoms with Gasteiger partial charge in [-0.25, -0.2) is 0 Å². The summed E-state index contributed by atoms with van der Waals surface area (Å²) in [6.45, 7) is 2.15.